The van der Waals surface area contributed by atoms with Crippen LogP contribution in [0.25, 0.3) is 0 Å². The fraction of sp³-hybridized carbons (Fsp3) is 0.533. The molecule has 0 bridgehead atoms. The lowest BCUT2D eigenvalue weighted by Crippen LogP contribution is -2.47. The zero-order valence-electron chi connectivity index (χ0n) is 12.3. The third-order valence-corrected chi connectivity index (χ3v) is 4.62. The molecule has 0 aromatic heterocycles. The van der Waals surface area contributed by atoms with Gasteiger partial charge in [0.1, 0.15) is 0 Å². The Balaban J connectivity index is 3.06. The summed E-state index contributed by atoms with van der Waals surface area (Å²) in [6.07, 6.45) is 0.493. The Labute approximate surface area is 135 Å². The average molecular weight is 333 g/mol. The highest BCUT2D eigenvalue weighted by Crippen LogP contribution is 2.35. The van der Waals surface area contributed by atoms with Crippen LogP contribution in [-0.2, 0) is 10.2 Å². The minimum Gasteiger partial charge on any atom is -0.390 e. The molecule has 1 aromatic carbocycles. The number of carbonyl (C=O) groups excluding carboxylic acids is 1. The molecular weight excluding hydrogens is 311 g/mol. The molecule has 6 heteroatoms. The second-order valence-electron chi connectivity index (χ2n) is 5.02. The van der Waals surface area contributed by atoms with Crippen molar-refractivity contribution < 1.29 is 9.90 Å². The van der Waals surface area contributed by atoms with Crippen LogP contribution >= 0.6 is 23.2 Å². The summed E-state index contributed by atoms with van der Waals surface area (Å²) in [6, 6.07) is 5.25. The Morgan fingerprint density at radius 2 is 1.95 bits per heavy atom. The Morgan fingerprint density at radius 1 is 1.33 bits per heavy atom. The van der Waals surface area contributed by atoms with Crippen LogP contribution in [0.4, 0.5) is 0 Å². The van der Waals surface area contributed by atoms with Crippen LogP contribution in [0.15, 0.2) is 18.2 Å². The number of benzene rings is 1. The van der Waals surface area contributed by atoms with E-state index in [0.29, 0.717) is 22.9 Å². The van der Waals surface area contributed by atoms with E-state index in [0.717, 1.165) is 5.56 Å². The summed E-state index contributed by atoms with van der Waals surface area (Å²) in [4.78, 5) is 12.6. The van der Waals surface area contributed by atoms with E-state index in [9.17, 15) is 9.90 Å². The summed E-state index contributed by atoms with van der Waals surface area (Å²) in [7, 11) is 0. The van der Waals surface area contributed by atoms with Gasteiger partial charge in [-0.2, -0.15) is 0 Å². The van der Waals surface area contributed by atoms with Gasteiger partial charge in [0, 0.05) is 13.1 Å². The molecule has 0 aliphatic rings. The number of rotatable bonds is 7. The molecule has 1 aromatic rings. The van der Waals surface area contributed by atoms with Crippen molar-refractivity contribution in [3.8, 4) is 0 Å². The molecule has 0 fully saturated rings. The van der Waals surface area contributed by atoms with Gasteiger partial charge in [0.2, 0.25) is 5.91 Å². The first-order chi connectivity index (χ1) is 9.91. The lowest BCUT2D eigenvalue weighted by atomic mass is 9.75. The molecule has 1 rings (SSSR count). The number of amides is 1. The van der Waals surface area contributed by atoms with Gasteiger partial charge in [-0.3, -0.25) is 4.79 Å². The molecule has 0 saturated heterocycles. The number of hydrogen-bond donors (Lipinski definition) is 3. The number of aliphatic hydroxyl groups excluding tert-OH is 1. The van der Waals surface area contributed by atoms with Gasteiger partial charge in [-0.25, -0.2) is 0 Å². The predicted molar refractivity (Wildman–Crippen MR) is 86.8 cm³/mol. The molecule has 118 valence electrons. The monoisotopic (exact) mass is 332 g/mol. The van der Waals surface area contributed by atoms with Crippen LogP contribution in [0.2, 0.25) is 10.0 Å². The molecule has 21 heavy (non-hydrogen) atoms. The van der Waals surface area contributed by atoms with Crippen LogP contribution in [0.3, 0.4) is 0 Å². The molecule has 1 atom stereocenters. The van der Waals surface area contributed by atoms with E-state index in [1.54, 1.807) is 12.1 Å². The van der Waals surface area contributed by atoms with Gasteiger partial charge >= 0.3 is 0 Å². The Bertz CT molecular complexity index is 491. The van der Waals surface area contributed by atoms with Crippen LogP contribution in [0.1, 0.15) is 32.3 Å². The maximum absolute atomic E-state index is 12.6. The van der Waals surface area contributed by atoms with Crippen LogP contribution in [-0.4, -0.2) is 30.2 Å². The van der Waals surface area contributed by atoms with E-state index in [-0.39, 0.29) is 19.0 Å². The number of aliphatic hydroxyl groups is 1. The number of nitrogens with one attached hydrogen (secondary N) is 1. The fourth-order valence-electron chi connectivity index (χ4n) is 2.37. The Hall–Kier alpha value is -0.810. The molecule has 4 nitrogen and oxygen atoms in total. The highest BCUT2D eigenvalue weighted by atomic mass is 35.5. The van der Waals surface area contributed by atoms with Gasteiger partial charge in [-0.1, -0.05) is 43.1 Å². The summed E-state index contributed by atoms with van der Waals surface area (Å²) in [6.45, 7) is 4.15. The second kappa shape index (κ2) is 7.99. The maximum atomic E-state index is 12.6. The van der Waals surface area contributed by atoms with E-state index in [1.807, 2.05) is 19.9 Å². The van der Waals surface area contributed by atoms with Crippen LogP contribution in [0.5, 0.6) is 0 Å². The normalized spacial score (nSPS) is 13.0. The van der Waals surface area contributed by atoms with Crippen molar-refractivity contribution in [3.05, 3.63) is 33.8 Å². The van der Waals surface area contributed by atoms with Crippen molar-refractivity contribution >= 4 is 29.1 Å². The molecule has 0 aliphatic carbocycles. The smallest absolute Gasteiger partial charge is 0.230 e. The first-order valence-corrected chi connectivity index (χ1v) is 7.78. The van der Waals surface area contributed by atoms with Gasteiger partial charge in [0.05, 0.1) is 21.6 Å². The molecule has 0 saturated carbocycles. The Kier molecular flexibility index (Phi) is 6.94. The number of halogens is 2. The third-order valence-electron chi connectivity index (χ3n) is 3.88. The van der Waals surface area contributed by atoms with Gasteiger partial charge < -0.3 is 16.2 Å². The maximum Gasteiger partial charge on any atom is 0.230 e. The van der Waals surface area contributed by atoms with Crippen molar-refractivity contribution in [1.29, 1.82) is 0 Å². The number of carbonyl (C=O) groups is 1. The predicted octanol–water partition coefficient (Wildman–Crippen LogP) is 2.49. The van der Waals surface area contributed by atoms with Crippen LogP contribution in [0, 0.1) is 0 Å². The van der Waals surface area contributed by atoms with E-state index < -0.39 is 11.5 Å². The largest absolute Gasteiger partial charge is 0.390 e. The number of hydrogen-bond acceptors (Lipinski definition) is 3. The Morgan fingerprint density at radius 3 is 2.43 bits per heavy atom. The van der Waals surface area contributed by atoms with Crippen LogP contribution < -0.4 is 11.1 Å². The lowest BCUT2D eigenvalue weighted by Gasteiger charge is -2.31. The highest BCUT2D eigenvalue weighted by Gasteiger charge is 2.37. The van der Waals surface area contributed by atoms with Crippen molar-refractivity contribution in [2.45, 2.75) is 38.2 Å². The van der Waals surface area contributed by atoms with Gasteiger partial charge in [0.25, 0.3) is 0 Å². The van der Waals surface area contributed by atoms with Crippen molar-refractivity contribution in [2.24, 2.45) is 5.73 Å². The molecule has 0 heterocycles. The molecule has 4 N–H and O–H groups in total. The van der Waals surface area contributed by atoms with Gasteiger partial charge in [-0.15, -0.1) is 0 Å². The lowest BCUT2D eigenvalue weighted by molar-refractivity contribution is -0.127. The topological polar surface area (TPSA) is 75.3 Å². The first kappa shape index (κ1) is 18.2. The molecular formula is C15H22Cl2N2O2. The molecule has 0 radical (unpaired) electrons. The summed E-state index contributed by atoms with van der Waals surface area (Å²) in [5.41, 5.74) is 5.48. The zero-order chi connectivity index (χ0) is 16.0. The van der Waals surface area contributed by atoms with E-state index >= 15 is 0 Å². The third kappa shape index (κ3) is 4.10. The van der Waals surface area contributed by atoms with Gasteiger partial charge in [-0.05, 0) is 30.5 Å². The fourth-order valence-corrected chi connectivity index (χ4v) is 2.67. The minimum atomic E-state index is -0.742. The SMILES string of the molecule is CCC(CC)(C(=O)NCC(O)CN)c1ccc(Cl)c(Cl)c1. The summed E-state index contributed by atoms with van der Waals surface area (Å²) in [5.74, 6) is -0.140. The van der Waals surface area contributed by atoms with Crippen molar-refractivity contribution in [3.63, 3.8) is 0 Å². The quantitative estimate of drug-likeness (QED) is 0.718. The summed E-state index contributed by atoms with van der Waals surface area (Å²) in [5, 5.41) is 13.1. The summed E-state index contributed by atoms with van der Waals surface area (Å²) < 4.78 is 0. The standard InChI is InChI=1S/C15H22Cl2N2O2/c1-3-15(4-2,14(21)19-9-11(20)8-18)10-5-6-12(16)13(17)7-10/h5-7,11,20H,3-4,8-9,18H2,1-2H3,(H,19,21). The van der Waals surface area contributed by atoms with E-state index in [2.05, 4.69) is 5.32 Å². The molecule has 0 spiro atoms. The molecule has 0 aliphatic heterocycles. The minimum absolute atomic E-state index is 0.109. The first-order valence-electron chi connectivity index (χ1n) is 7.03. The molecule has 1 amide bonds. The van der Waals surface area contributed by atoms with Gasteiger partial charge in [0.15, 0.2) is 0 Å². The second-order valence-corrected chi connectivity index (χ2v) is 5.83. The van der Waals surface area contributed by atoms with Crippen molar-refractivity contribution in [1.82, 2.24) is 5.32 Å². The van der Waals surface area contributed by atoms with Crippen molar-refractivity contribution in [2.75, 3.05) is 13.1 Å². The summed E-state index contributed by atoms with van der Waals surface area (Å²) >= 11 is 12.0. The number of nitrogens with two attached hydrogens (primary N) is 1. The zero-order valence-corrected chi connectivity index (χ0v) is 13.8. The highest BCUT2D eigenvalue weighted by molar-refractivity contribution is 6.42. The average Bonchev–Trinajstić information content (AvgIpc) is 2.49. The van der Waals surface area contributed by atoms with E-state index in [1.165, 1.54) is 0 Å². The molecule has 1 unspecified atom stereocenters. The van der Waals surface area contributed by atoms with E-state index in [4.69, 9.17) is 28.9 Å².